The van der Waals surface area contributed by atoms with Crippen LogP contribution >= 0.6 is 34.8 Å². The van der Waals surface area contributed by atoms with Gasteiger partial charge in [0.2, 0.25) is 0 Å². The zero-order valence-corrected chi connectivity index (χ0v) is 20.0. The smallest absolute Gasteiger partial charge is 0.433 e. The molecule has 36 heavy (non-hydrogen) atoms. The second kappa shape index (κ2) is 9.45. The SMILES string of the molecule is Cc1cc(C(F)(F)F)n2nc(C(=O)Nc3cc(Oc4ccc(Cl)cc4Cl)cc([N+](=O)[O-])c3)c(Cl)c2n1. The van der Waals surface area contributed by atoms with Crippen LogP contribution in [-0.4, -0.2) is 25.4 Å². The normalized spacial score (nSPS) is 11.5. The standard InChI is InChI=1S/C21H11Cl3F3N5O4/c1-9-4-16(21(25,26)27)31-19(28-9)17(24)18(30-31)20(33)29-11-6-12(32(34)35)8-13(7-11)36-15-3-2-10(22)5-14(15)23/h2-8H,1H3,(H,29,33). The third kappa shape index (κ3) is 5.15. The number of hydrogen-bond donors (Lipinski definition) is 1. The highest BCUT2D eigenvalue weighted by atomic mass is 35.5. The van der Waals surface area contributed by atoms with Crippen molar-refractivity contribution >= 4 is 57.7 Å². The quantitative estimate of drug-likeness (QED) is 0.208. The number of benzene rings is 2. The Morgan fingerprint density at radius 3 is 2.50 bits per heavy atom. The third-order valence-electron chi connectivity index (χ3n) is 4.65. The highest BCUT2D eigenvalue weighted by Gasteiger charge is 2.36. The number of anilines is 1. The van der Waals surface area contributed by atoms with Gasteiger partial charge in [-0.25, -0.2) is 9.50 Å². The largest absolute Gasteiger partial charge is 0.455 e. The Kier molecular flexibility index (Phi) is 6.69. The molecule has 0 aliphatic heterocycles. The van der Waals surface area contributed by atoms with Crippen LogP contribution in [0.2, 0.25) is 15.1 Å². The zero-order chi connectivity index (χ0) is 26.4. The van der Waals surface area contributed by atoms with Crippen molar-refractivity contribution in [3.05, 3.63) is 84.7 Å². The molecule has 15 heteroatoms. The first-order valence-electron chi connectivity index (χ1n) is 9.70. The van der Waals surface area contributed by atoms with E-state index in [0.29, 0.717) is 9.54 Å². The number of alkyl halides is 3. The maximum atomic E-state index is 13.5. The summed E-state index contributed by atoms with van der Waals surface area (Å²) in [5.74, 6) is -0.975. The van der Waals surface area contributed by atoms with Crippen molar-refractivity contribution in [2.24, 2.45) is 0 Å². The maximum Gasteiger partial charge on any atom is 0.433 e. The number of nitro groups is 1. The van der Waals surface area contributed by atoms with Gasteiger partial charge in [-0.2, -0.15) is 18.3 Å². The number of nitrogens with one attached hydrogen (secondary N) is 1. The molecule has 0 spiro atoms. The molecule has 4 aromatic rings. The van der Waals surface area contributed by atoms with E-state index in [2.05, 4.69) is 15.4 Å². The lowest BCUT2D eigenvalue weighted by Gasteiger charge is -2.10. The molecule has 0 aliphatic rings. The fraction of sp³-hybridized carbons (Fsp3) is 0.0952. The lowest BCUT2D eigenvalue weighted by atomic mass is 10.2. The Morgan fingerprint density at radius 1 is 1.14 bits per heavy atom. The molecule has 1 N–H and O–H groups in total. The summed E-state index contributed by atoms with van der Waals surface area (Å²) < 4.78 is 46.4. The molecule has 2 aromatic carbocycles. The number of ether oxygens (including phenoxy) is 1. The number of aromatic nitrogens is 3. The highest BCUT2D eigenvalue weighted by Crippen LogP contribution is 2.36. The van der Waals surface area contributed by atoms with Gasteiger partial charge in [-0.05, 0) is 31.2 Å². The number of hydrogen-bond acceptors (Lipinski definition) is 6. The van der Waals surface area contributed by atoms with Crippen LogP contribution in [0.15, 0.2) is 42.5 Å². The van der Waals surface area contributed by atoms with Crippen LogP contribution in [0.25, 0.3) is 5.65 Å². The number of nitrogens with zero attached hydrogens (tertiary/aromatic N) is 4. The van der Waals surface area contributed by atoms with E-state index < -0.39 is 39.1 Å². The first-order chi connectivity index (χ1) is 16.8. The number of carbonyl (C=O) groups excluding carboxylic acids is 1. The average molecular weight is 561 g/mol. The van der Waals surface area contributed by atoms with E-state index in [1.807, 2.05) is 0 Å². The molecule has 0 fully saturated rings. The average Bonchev–Trinajstić information content (AvgIpc) is 3.10. The summed E-state index contributed by atoms with van der Waals surface area (Å²) >= 11 is 18.1. The van der Waals surface area contributed by atoms with Crippen LogP contribution in [0.5, 0.6) is 11.5 Å². The van der Waals surface area contributed by atoms with Gasteiger partial charge in [-0.15, -0.1) is 0 Å². The van der Waals surface area contributed by atoms with E-state index in [9.17, 15) is 28.1 Å². The molecule has 1 amide bonds. The second-order valence-corrected chi connectivity index (χ2v) is 8.50. The first kappa shape index (κ1) is 25.5. The number of fused-ring (bicyclic) bond motifs is 1. The van der Waals surface area contributed by atoms with Gasteiger partial charge < -0.3 is 10.1 Å². The molecule has 4 rings (SSSR count). The molecule has 0 aliphatic carbocycles. The molecule has 0 saturated heterocycles. The Hall–Kier alpha value is -3.61. The molecule has 9 nitrogen and oxygen atoms in total. The number of halogens is 6. The Balaban J connectivity index is 1.71. The summed E-state index contributed by atoms with van der Waals surface area (Å²) in [6.45, 7) is 1.33. The predicted molar refractivity (Wildman–Crippen MR) is 125 cm³/mol. The minimum absolute atomic E-state index is 0.00455. The number of amides is 1. The monoisotopic (exact) mass is 559 g/mol. The summed E-state index contributed by atoms with van der Waals surface area (Å²) in [5, 5.41) is 17.4. The van der Waals surface area contributed by atoms with Crippen LogP contribution in [0.4, 0.5) is 24.5 Å². The van der Waals surface area contributed by atoms with Gasteiger partial charge in [-0.3, -0.25) is 14.9 Å². The number of aryl methyl sites for hydroxylation is 1. The number of carbonyl (C=O) groups is 1. The van der Waals surface area contributed by atoms with Gasteiger partial charge >= 0.3 is 6.18 Å². The number of nitro benzene ring substituents is 1. The van der Waals surface area contributed by atoms with E-state index in [1.54, 1.807) is 0 Å². The Labute approximate surface area is 214 Å². The van der Waals surface area contributed by atoms with Crippen LogP contribution in [-0.2, 0) is 6.18 Å². The molecule has 0 bridgehead atoms. The number of non-ortho nitro benzene ring substituents is 1. The van der Waals surface area contributed by atoms with Gasteiger partial charge in [0.15, 0.2) is 11.3 Å². The van der Waals surface area contributed by atoms with Gasteiger partial charge in [0.05, 0.1) is 21.7 Å². The fourth-order valence-electron chi connectivity index (χ4n) is 3.15. The Bertz CT molecular complexity index is 1540. The number of rotatable bonds is 5. The van der Waals surface area contributed by atoms with E-state index in [4.69, 9.17) is 39.5 Å². The van der Waals surface area contributed by atoms with Crippen molar-refractivity contribution < 1.29 is 27.6 Å². The molecule has 2 aromatic heterocycles. The van der Waals surface area contributed by atoms with Crippen LogP contribution in [0.1, 0.15) is 21.9 Å². The van der Waals surface area contributed by atoms with E-state index in [1.165, 1.54) is 31.2 Å². The maximum absolute atomic E-state index is 13.5. The summed E-state index contributed by atoms with van der Waals surface area (Å²) in [4.78, 5) is 27.5. The van der Waals surface area contributed by atoms with E-state index >= 15 is 0 Å². The van der Waals surface area contributed by atoms with Crippen LogP contribution < -0.4 is 10.1 Å². The van der Waals surface area contributed by atoms with Gasteiger partial charge in [0.25, 0.3) is 11.6 Å². The minimum Gasteiger partial charge on any atom is -0.455 e. The van der Waals surface area contributed by atoms with Crippen molar-refractivity contribution in [1.82, 2.24) is 14.6 Å². The van der Waals surface area contributed by atoms with Gasteiger partial charge in [0.1, 0.15) is 22.2 Å². The lowest BCUT2D eigenvalue weighted by molar-refractivity contribution is -0.384. The van der Waals surface area contributed by atoms with E-state index in [-0.39, 0.29) is 33.6 Å². The second-order valence-electron chi connectivity index (χ2n) is 7.28. The summed E-state index contributed by atoms with van der Waals surface area (Å²) in [7, 11) is 0. The third-order valence-corrected chi connectivity index (χ3v) is 5.53. The Morgan fingerprint density at radius 2 is 1.86 bits per heavy atom. The fourth-order valence-corrected chi connectivity index (χ4v) is 3.85. The predicted octanol–water partition coefficient (Wildman–Crippen LogP) is 6.97. The van der Waals surface area contributed by atoms with Crippen molar-refractivity contribution in [1.29, 1.82) is 0 Å². The van der Waals surface area contributed by atoms with Crippen molar-refractivity contribution in [2.45, 2.75) is 13.1 Å². The van der Waals surface area contributed by atoms with E-state index in [0.717, 1.165) is 18.2 Å². The van der Waals surface area contributed by atoms with Gasteiger partial charge in [-0.1, -0.05) is 34.8 Å². The summed E-state index contributed by atoms with van der Waals surface area (Å²) in [6, 6.07) is 8.41. The van der Waals surface area contributed by atoms with Crippen molar-refractivity contribution in [3.8, 4) is 11.5 Å². The lowest BCUT2D eigenvalue weighted by Crippen LogP contribution is -2.16. The molecule has 2 heterocycles. The molecule has 186 valence electrons. The highest BCUT2D eigenvalue weighted by molar-refractivity contribution is 6.37. The van der Waals surface area contributed by atoms with Crippen molar-refractivity contribution in [3.63, 3.8) is 0 Å². The zero-order valence-electron chi connectivity index (χ0n) is 17.7. The molecule has 0 radical (unpaired) electrons. The topological polar surface area (TPSA) is 112 Å². The minimum atomic E-state index is -4.80. The molecule has 0 unspecified atom stereocenters. The molecule has 0 atom stereocenters. The molecule has 0 saturated carbocycles. The summed E-state index contributed by atoms with van der Waals surface area (Å²) in [5.41, 5.74) is -2.71. The van der Waals surface area contributed by atoms with Gasteiger partial charge in [0, 0.05) is 22.8 Å². The van der Waals surface area contributed by atoms with Crippen molar-refractivity contribution in [2.75, 3.05) is 5.32 Å². The summed E-state index contributed by atoms with van der Waals surface area (Å²) in [6.07, 6.45) is -4.80. The van der Waals surface area contributed by atoms with Crippen LogP contribution in [0, 0.1) is 17.0 Å². The van der Waals surface area contributed by atoms with Crippen LogP contribution in [0.3, 0.4) is 0 Å². The first-order valence-corrected chi connectivity index (χ1v) is 10.8. The molecular formula is C21H11Cl3F3N5O4. The molecular weight excluding hydrogens is 550 g/mol.